The van der Waals surface area contributed by atoms with Crippen molar-refractivity contribution < 1.29 is 28.2 Å². The molecule has 1 aliphatic heterocycles. The number of nitrogens with zero attached hydrogens (tertiary/aromatic N) is 4. The number of ether oxygens (including phenoxy) is 2. The Morgan fingerprint density at radius 1 is 0.778 bits per heavy atom. The lowest BCUT2D eigenvalue weighted by atomic mass is 9.80. The summed E-state index contributed by atoms with van der Waals surface area (Å²) in [6.45, 7) is 4.63. The highest BCUT2D eigenvalue weighted by Gasteiger charge is 2.41. The molecule has 1 N–H and O–H groups in total. The minimum Gasteiger partial charge on any atom is -0.463 e. The van der Waals surface area contributed by atoms with Gasteiger partial charge in [0.05, 0.1) is 66.5 Å². The molecule has 184 valence electrons. The predicted molar refractivity (Wildman–Crippen MR) is 129 cm³/mol. The van der Waals surface area contributed by atoms with Gasteiger partial charge in [-0.3, -0.25) is 9.97 Å². The van der Waals surface area contributed by atoms with Crippen LogP contribution in [0.3, 0.4) is 0 Å². The van der Waals surface area contributed by atoms with E-state index < -0.39 is 17.9 Å². The van der Waals surface area contributed by atoms with Crippen LogP contribution in [0.5, 0.6) is 0 Å². The molecule has 0 radical (unpaired) electrons. The van der Waals surface area contributed by atoms with E-state index in [2.05, 4.69) is 15.3 Å². The lowest BCUT2D eigenvalue weighted by Gasteiger charge is -2.30. The Hall–Kier alpha value is -4.40. The molecule has 3 heterocycles. The van der Waals surface area contributed by atoms with E-state index in [4.69, 9.17) is 9.47 Å². The zero-order chi connectivity index (χ0) is 25.3. The number of hydrogen-bond donors (Lipinski definition) is 1. The van der Waals surface area contributed by atoms with Gasteiger partial charge in [0.2, 0.25) is 0 Å². The Labute approximate surface area is 209 Å². The molecule has 0 spiro atoms. The molecule has 36 heavy (non-hydrogen) atoms. The topological polar surface area (TPSA) is 98.2 Å². The van der Waals surface area contributed by atoms with Crippen LogP contribution in [0.4, 0.5) is 0 Å². The van der Waals surface area contributed by atoms with Gasteiger partial charge in [-0.05, 0) is 19.4 Å². The lowest BCUT2D eigenvalue weighted by Crippen LogP contribution is -2.45. The molecular weight excluding hydrogens is 458 g/mol. The van der Waals surface area contributed by atoms with Crippen LogP contribution >= 0.6 is 0 Å². The van der Waals surface area contributed by atoms with Crippen LogP contribution in [0, 0.1) is 0 Å². The molecule has 1 aromatic carbocycles. The second kappa shape index (κ2) is 11.8. The zero-order valence-electron chi connectivity index (χ0n) is 20.3. The fraction of sp³-hybridized carbons (Fsp3) is 0.259. The summed E-state index contributed by atoms with van der Waals surface area (Å²) < 4.78 is 14.8. The normalized spacial score (nSPS) is 13.8. The smallest absolute Gasteiger partial charge is 0.337 e. The number of nitrogens with one attached hydrogen (secondary N) is 1. The summed E-state index contributed by atoms with van der Waals surface area (Å²) in [5, 5.41) is 3.40. The molecule has 0 unspecified atom stereocenters. The second-order valence-corrected chi connectivity index (χ2v) is 8.03. The van der Waals surface area contributed by atoms with E-state index in [1.54, 1.807) is 38.6 Å². The van der Waals surface area contributed by atoms with Crippen LogP contribution in [0.1, 0.15) is 25.3 Å². The van der Waals surface area contributed by atoms with Crippen molar-refractivity contribution in [2.75, 3.05) is 13.2 Å². The number of rotatable bonds is 9. The minimum atomic E-state index is -0.680. The predicted octanol–water partition coefficient (Wildman–Crippen LogP) is 1.77. The third-order valence-electron chi connectivity index (χ3n) is 5.71. The summed E-state index contributed by atoms with van der Waals surface area (Å²) in [6, 6.07) is 9.48. The number of dihydropyridines is 1. The summed E-state index contributed by atoms with van der Waals surface area (Å²) in [6.07, 6.45) is 14.0. The molecule has 0 atom stereocenters. The van der Waals surface area contributed by atoms with Crippen molar-refractivity contribution in [3.63, 3.8) is 0 Å². The number of carbonyl (C=O) groups excluding carboxylic acids is 2. The average Bonchev–Trinajstić information content (AvgIpc) is 2.90. The van der Waals surface area contributed by atoms with Gasteiger partial charge in [-0.25, -0.2) is 9.59 Å². The first kappa shape index (κ1) is 24.7. The molecule has 0 amide bonds. The maximum absolute atomic E-state index is 13.4. The first-order chi connectivity index (χ1) is 17.6. The van der Waals surface area contributed by atoms with Gasteiger partial charge in [0.1, 0.15) is 0 Å². The van der Waals surface area contributed by atoms with Gasteiger partial charge < -0.3 is 14.8 Å². The molecule has 0 aliphatic carbocycles. The van der Waals surface area contributed by atoms with E-state index in [1.807, 2.05) is 64.3 Å². The molecule has 1 aliphatic rings. The van der Waals surface area contributed by atoms with Gasteiger partial charge in [-0.2, -0.15) is 9.13 Å². The fourth-order valence-corrected chi connectivity index (χ4v) is 4.21. The SMILES string of the molecule is CCOC(=O)C1=C(C[n+]2ccncc2)NC(C[n+]2ccncc2)=C(C(=O)OCC)C1c1ccccc1. The van der Waals surface area contributed by atoms with Crippen LogP contribution in [0.15, 0.2) is 102 Å². The highest BCUT2D eigenvalue weighted by molar-refractivity contribution is 6.00. The Bertz CT molecular complexity index is 1180. The monoisotopic (exact) mass is 487 g/mol. The minimum absolute atomic E-state index is 0.206. The summed E-state index contributed by atoms with van der Waals surface area (Å²) >= 11 is 0. The Morgan fingerprint density at radius 3 is 1.64 bits per heavy atom. The van der Waals surface area contributed by atoms with E-state index in [0.717, 1.165) is 5.56 Å². The summed E-state index contributed by atoms with van der Waals surface area (Å²) in [5.74, 6) is -1.65. The van der Waals surface area contributed by atoms with Crippen LogP contribution in [-0.4, -0.2) is 35.1 Å². The number of carbonyl (C=O) groups is 2. The van der Waals surface area contributed by atoms with Crippen molar-refractivity contribution in [3.8, 4) is 0 Å². The number of esters is 2. The van der Waals surface area contributed by atoms with Crippen molar-refractivity contribution in [3.05, 3.63) is 108 Å². The molecule has 0 saturated carbocycles. The molecule has 9 heteroatoms. The van der Waals surface area contributed by atoms with Crippen molar-refractivity contribution in [1.82, 2.24) is 15.3 Å². The Balaban J connectivity index is 1.93. The molecule has 0 fully saturated rings. The van der Waals surface area contributed by atoms with E-state index >= 15 is 0 Å². The maximum atomic E-state index is 13.4. The number of hydrogen-bond acceptors (Lipinski definition) is 7. The zero-order valence-corrected chi connectivity index (χ0v) is 20.3. The summed E-state index contributed by atoms with van der Waals surface area (Å²) in [7, 11) is 0. The molecule has 3 aromatic rings. The van der Waals surface area contributed by atoms with Crippen molar-refractivity contribution in [1.29, 1.82) is 0 Å². The molecule has 0 bridgehead atoms. The van der Waals surface area contributed by atoms with Crippen LogP contribution in [0.25, 0.3) is 0 Å². The van der Waals surface area contributed by atoms with Gasteiger partial charge in [0.25, 0.3) is 0 Å². The van der Waals surface area contributed by atoms with Crippen molar-refractivity contribution in [2.45, 2.75) is 32.9 Å². The molecule has 9 nitrogen and oxygen atoms in total. The van der Waals surface area contributed by atoms with E-state index in [-0.39, 0.29) is 13.2 Å². The molecule has 2 aromatic heterocycles. The van der Waals surface area contributed by atoms with Crippen LogP contribution < -0.4 is 14.5 Å². The highest BCUT2D eigenvalue weighted by atomic mass is 16.5. The molecular formula is C27H29N5O4+2. The van der Waals surface area contributed by atoms with E-state index in [0.29, 0.717) is 35.6 Å². The van der Waals surface area contributed by atoms with Crippen LogP contribution in [0.2, 0.25) is 0 Å². The molecule has 0 saturated heterocycles. The number of aromatic nitrogens is 4. The van der Waals surface area contributed by atoms with Crippen LogP contribution in [-0.2, 0) is 32.2 Å². The summed E-state index contributed by atoms with van der Waals surface area (Å²) in [5.41, 5.74) is 2.81. The largest absolute Gasteiger partial charge is 0.463 e. The van der Waals surface area contributed by atoms with E-state index in [1.165, 1.54) is 0 Å². The van der Waals surface area contributed by atoms with Gasteiger partial charge in [-0.1, -0.05) is 30.3 Å². The fourth-order valence-electron chi connectivity index (χ4n) is 4.21. The molecule has 4 rings (SSSR count). The number of allylic oxidation sites excluding steroid dienone is 2. The standard InChI is InChI=1S/C27H28N5O4/c1-3-35-26(33)24-21(18-31-14-10-28-11-15-31)30-22(19-32-16-12-29-13-17-32)25(27(34)36-4-2)23(24)20-8-6-5-7-9-20/h5-17,23H,3-4,18-19H2,1-2H3/q+1/p+1. The maximum Gasteiger partial charge on any atom is 0.337 e. The Morgan fingerprint density at radius 2 is 1.22 bits per heavy atom. The third kappa shape index (κ3) is 5.63. The second-order valence-electron chi connectivity index (χ2n) is 8.03. The quantitative estimate of drug-likeness (QED) is 0.363. The van der Waals surface area contributed by atoms with Crippen molar-refractivity contribution in [2.24, 2.45) is 0 Å². The first-order valence-electron chi connectivity index (χ1n) is 11.8. The lowest BCUT2D eigenvalue weighted by molar-refractivity contribution is -0.692. The third-order valence-corrected chi connectivity index (χ3v) is 5.71. The van der Waals surface area contributed by atoms with Gasteiger partial charge in [-0.15, -0.1) is 0 Å². The van der Waals surface area contributed by atoms with Crippen molar-refractivity contribution >= 4 is 11.9 Å². The van der Waals surface area contributed by atoms with Gasteiger partial charge in [0.15, 0.2) is 37.9 Å². The first-order valence-corrected chi connectivity index (χ1v) is 11.8. The van der Waals surface area contributed by atoms with E-state index in [9.17, 15) is 9.59 Å². The Kier molecular flexibility index (Phi) is 8.12. The summed E-state index contributed by atoms with van der Waals surface area (Å²) in [4.78, 5) is 35.1. The highest BCUT2D eigenvalue weighted by Crippen LogP contribution is 2.39. The van der Waals surface area contributed by atoms with Gasteiger partial charge >= 0.3 is 11.9 Å². The average molecular weight is 488 g/mol. The number of benzene rings is 1. The van der Waals surface area contributed by atoms with Gasteiger partial charge in [0, 0.05) is 0 Å².